The molecule has 2 aliphatic carbocycles. The summed E-state index contributed by atoms with van der Waals surface area (Å²) < 4.78 is 43.6. The Labute approximate surface area is 208 Å². The maximum Gasteiger partial charge on any atom is 0.174 e. The largest absolute Gasteiger partial charge is 0.206 e. The average Bonchev–Trinajstić information content (AvgIpc) is 2.88. The van der Waals surface area contributed by atoms with Crippen molar-refractivity contribution in [3.8, 4) is 11.8 Å². The van der Waals surface area contributed by atoms with Gasteiger partial charge in [0.05, 0.1) is 11.1 Å². The summed E-state index contributed by atoms with van der Waals surface area (Å²) in [5, 5.41) is 0. The molecule has 4 unspecified atom stereocenters. The molecule has 0 heterocycles. The molecule has 0 nitrogen and oxygen atoms in total. The molecular weight excluding hydrogens is 441 g/mol. The minimum absolute atomic E-state index is 0.0599. The molecule has 2 aliphatic rings. The summed E-state index contributed by atoms with van der Waals surface area (Å²) in [4.78, 5) is 0. The van der Waals surface area contributed by atoms with E-state index in [0.29, 0.717) is 24.3 Å². The Hall–Kier alpha value is -2.73. The van der Waals surface area contributed by atoms with E-state index < -0.39 is 17.5 Å². The van der Waals surface area contributed by atoms with Crippen LogP contribution in [0.1, 0.15) is 86.0 Å². The zero-order valence-electron chi connectivity index (χ0n) is 20.5. The summed E-state index contributed by atoms with van der Waals surface area (Å²) >= 11 is 0. The Morgan fingerprint density at radius 1 is 0.800 bits per heavy atom. The van der Waals surface area contributed by atoms with Crippen LogP contribution < -0.4 is 0 Å². The molecule has 0 aromatic heterocycles. The highest BCUT2D eigenvalue weighted by atomic mass is 19.2. The number of hydrogen-bond acceptors (Lipinski definition) is 0. The minimum Gasteiger partial charge on any atom is -0.206 e. The van der Waals surface area contributed by atoms with Crippen molar-refractivity contribution < 1.29 is 13.2 Å². The van der Waals surface area contributed by atoms with Crippen LogP contribution in [0.15, 0.2) is 55.6 Å². The van der Waals surface area contributed by atoms with Crippen molar-refractivity contribution in [1.82, 2.24) is 0 Å². The molecule has 0 N–H and O–H groups in total. The van der Waals surface area contributed by atoms with Crippen molar-refractivity contribution >= 4 is 0 Å². The van der Waals surface area contributed by atoms with Gasteiger partial charge in [-0.25, -0.2) is 13.2 Å². The zero-order valence-corrected chi connectivity index (χ0v) is 20.5. The third-order valence-electron chi connectivity index (χ3n) is 8.08. The average molecular weight is 477 g/mol. The van der Waals surface area contributed by atoms with Crippen LogP contribution in [0.2, 0.25) is 0 Å². The van der Waals surface area contributed by atoms with Gasteiger partial charge in [0.1, 0.15) is 5.82 Å². The van der Waals surface area contributed by atoms with Crippen LogP contribution in [0.5, 0.6) is 0 Å². The van der Waals surface area contributed by atoms with E-state index in [1.54, 1.807) is 18.2 Å². The lowest BCUT2D eigenvalue weighted by Gasteiger charge is -2.42. The highest BCUT2D eigenvalue weighted by molar-refractivity contribution is 5.46. The van der Waals surface area contributed by atoms with E-state index in [0.717, 1.165) is 42.6 Å². The van der Waals surface area contributed by atoms with Gasteiger partial charge < -0.3 is 0 Å². The van der Waals surface area contributed by atoms with Crippen molar-refractivity contribution in [3.63, 3.8) is 0 Å². The normalized spacial score (nSPS) is 23.6. The first kappa shape index (κ1) is 25.4. The number of fused-ring (bicyclic) bond motifs is 1. The topological polar surface area (TPSA) is 0 Å². The van der Waals surface area contributed by atoms with Crippen molar-refractivity contribution in [2.45, 2.75) is 70.1 Å². The van der Waals surface area contributed by atoms with Crippen molar-refractivity contribution in [2.75, 3.05) is 0 Å². The number of hydrogen-bond donors (Lipinski definition) is 0. The quantitative estimate of drug-likeness (QED) is 0.276. The van der Waals surface area contributed by atoms with E-state index in [9.17, 15) is 13.2 Å². The van der Waals surface area contributed by atoms with E-state index in [4.69, 9.17) is 0 Å². The third-order valence-corrected chi connectivity index (χ3v) is 8.08. The molecule has 2 fully saturated rings. The van der Waals surface area contributed by atoms with Gasteiger partial charge in [0.25, 0.3) is 0 Å². The van der Waals surface area contributed by atoms with Crippen LogP contribution in [0.3, 0.4) is 0 Å². The number of halogens is 3. The number of aryl methyl sites for hydroxylation is 1. The standard InChI is InChI=1S/C32H35F3/c1-3-5-7-22-9-10-27-20-28(18-17-26(27)19-22)29-16-12-23(30(33)21-29)11-13-25-15-14-24(8-6-4-2)31(34)32(25)35/h3-4,12,14-16,21-22,26-28H,1-2,5-10,17-20H2. The molecule has 0 amide bonds. The Kier molecular flexibility index (Phi) is 8.55. The minimum atomic E-state index is -0.980. The predicted molar refractivity (Wildman–Crippen MR) is 138 cm³/mol. The smallest absolute Gasteiger partial charge is 0.174 e. The lowest BCUT2D eigenvalue weighted by atomic mass is 9.63. The first-order valence-corrected chi connectivity index (χ1v) is 13.0. The van der Waals surface area contributed by atoms with Crippen molar-refractivity contribution in [1.29, 1.82) is 0 Å². The van der Waals surface area contributed by atoms with Gasteiger partial charge in [-0.3, -0.25) is 0 Å². The second kappa shape index (κ2) is 11.8. The first-order valence-electron chi connectivity index (χ1n) is 13.0. The summed E-state index contributed by atoms with van der Waals surface area (Å²) in [5.41, 5.74) is 1.48. The number of allylic oxidation sites excluding steroid dienone is 2. The number of rotatable bonds is 7. The molecule has 184 valence electrons. The molecule has 2 saturated carbocycles. The van der Waals surface area contributed by atoms with Gasteiger partial charge in [-0.1, -0.05) is 42.5 Å². The summed E-state index contributed by atoms with van der Waals surface area (Å²) in [5.74, 6) is 5.82. The van der Waals surface area contributed by atoms with Crippen molar-refractivity contribution in [2.24, 2.45) is 17.8 Å². The van der Waals surface area contributed by atoms with Gasteiger partial charge in [0.2, 0.25) is 0 Å². The van der Waals surface area contributed by atoms with Crippen molar-refractivity contribution in [3.05, 3.63) is 95.3 Å². The highest BCUT2D eigenvalue weighted by Gasteiger charge is 2.35. The maximum absolute atomic E-state index is 14.9. The van der Waals surface area contributed by atoms with Gasteiger partial charge in [0, 0.05) is 0 Å². The molecule has 0 bridgehead atoms. The van der Waals surface area contributed by atoms with Crippen LogP contribution in [0, 0.1) is 47.0 Å². The van der Waals surface area contributed by atoms with E-state index in [-0.39, 0.29) is 11.1 Å². The van der Waals surface area contributed by atoms with E-state index >= 15 is 0 Å². The lowest BCUT2D eigenvalue weighted by Crippen LogP contribution is -2.30. The van der Waals surface area contributed by atoms with Crippen LogP contribution in [-0.2, 0) is 6.42 Å². The monoisotopic (exact) mass is 476 g/mol. The Balaban J connectivity index is 1.42. The highest BCUT2D eigenvalue weighted by Crippen LogP contribution is 2.48. The molecule has 0 aliphatic heterocycles. The molecule has 0 radical (unpaired) electrons. The molecular formula is C32H35F3. The third kappa shape index (κ3) is 6.10. The molecule has 2 aromatic carbocycles. The molecule has 0 saturated heterocycles. The second-order valence-corrected chi connectivity index (χ2v) is 10.3. The SMILES string of the molecule is C=CCCc1ccc(C#Cc2ccc(C3CCC4CC(CCC=C)CCC4C3)cc2F)c(F)c1F. The number of benzene rings is 2. The Morgan fingerprint density at radius 2 is 1.51 bits per heavy atom. The first-order chi connectivity index (χ1) is 17.0. The fourth-order valence-electron chi connectivity index (χ4n) is 6.06. The molecule has 4 atom stereocenters. The lowest BCUT2D eigenvalue weighted by molar-refractivity contribution is 0.115. The van der Waals surface area contributed by atoms with Crippen LogP contribution in [0.4, 0.5) is 13.2 Å². The Morgan fingerprint density at radius 3 is 2.29 bits per heavy atom. The maximum atomic E-state index is 14.9. The summed E-state index contributed by atoms with van der Waals surface area (Å²) in [6.45, 7) is 7.46. The van der Waals surface area contributed by atoms with E-state index in [1.165, 1.54) is 44.2 Å². The van der Waals surface area contributed by atoms with Crippen LogP contribution in [0.25, 0.3) is 0 Å². The molecule has 4 rings (SSSR count). The van der Waals surface area contributed by atoms with E-state index in [1.807, 2.05) is 12.1 Å². The zero-order chi connectivity index (χ0) is 24.8. The molecule has 0 spiro atoms. The van der Waals surface area contributed by atoms with Gasteiger partial charge >= 0.3 is 0 Å². The Bertz CT molecular complexity index is 1120. The molecule has 2 aromatic rings. The summed E-state index contributed by atoms with van der Waals surface area (Å²) in [6, 6.07) is 8.24. The fraction of sp³-hybridized carbons (Fsp3) is 0.438. The van der Waals surface area contributed by atoms with Gasteiger partial charge in [0.15, 0.2) is 11.6 Å². The van der Waals surface area contributed by atoms with Gasteiger partial charge in [-0.15, -0.1) is 13.2 Å². The predicted octanol–water partition coefficient (Wildman–Crippen LogP) is 8.89. The summed E-state index contributed by atoms with van der Waals surface area (Å²) in [7, 11) is 0. The molecule has 3 heteroatoms. The second-order valence-electron chi connectivity index (χ2n) is 10.3. The van der Waals surface area contributed by atoms with Gasteiger partial charge in [-0.05, 0) is 111 Å². The van der Waals surface area contributed by atoms with Gasteiger partial charge in [-0.2, -0.15) is 0 Å². The summed E-state index contributed by atoms with van der Waals surface area (Å²) in [6.07, 6.45) is 14.4. The van der Waals surface area contributed by atoms with Crippen LogP contribution in [-0.4, -0.2) is 0 Å². The molecule has 35 heavy (non-hydrogen) atoms. The fourth-order valence-corrected chi connectivity index (χ4v) is 6.06. The van der Waals surface area contributed by atoms with E-state index in [2.05, 4.69) is 25.0 Å². The van der Waals surface area contributed by atoms with Crippen LogP contribution >= 0.6 is 0 Å².